The maximum Gasteiger partial charge on any atom is 0.0547 e. The van der Waals surface area contributed by atoms with E-state index < -0.39 is 0 Å². The van der Waals surface area contributed by atoms with Crippen LogP contribution in [-0.2, 0) is 0 Å². The Morgan fingerprint density at radius 3 is 1.42 bits per heavy atom. The molecule has 0 aliphatic rings. The van der Waals surface area contributed by atoms with Crippen molar-refractivity contribution in [3.05, 3.63) is 194 Å². The van der Waals surface area contributed by atoms with Gasteiger partial charge in [0.2, 0.25) is 0 Å². The van der Waals surface area contributed by atoms with E-state index in [0.717, 1.165) is 5.69 Å². The molecule has 0 fully saturated rings. The van der Waals surface area contributed by atoms with Gasteiger partial charge in [-0.1, -0.05) is 152 Å². The molecule has 0 atom stereocenters. The van der Waals surface area contributed by atoms with Crippen LogP contribution in [0.2, 0.25) is 0 Å². The number of hydrogen-bond donors (Lipinski definition) is 0. The van der Waals surface area contributed by atoms with Crippen molar-refractivity contribution >= 4 is 43.6 Å². The summed E-state index contributed by atoms with van der Waals surface area (Å²) in [5.74, 6) is 0. The van der Waals surface area contributed by atoms with Crippen LogP contribution in [0.25, 0.3) is 88.4 Å². The molecule has 0 bridgehead atoms. The van der Waals surface area contributed by atoms with Crippen molar-refractivity contribution in [1.82, 2.24) is 9.13 Å². The number of aromatic nitrogens is 2. The lowest BCUT2D eigenvalue weighted by molar-refractivity contribution is 1.18. The summed E-state index contributed by atoms with van der Waals surface area (Å²) in [5, 5.41) is 5.05. The van der Waals surface area contributed by atoms with Crippen molar-refractivity contribution in [3.63, 3.8) is 0 Å². The van der Waals surface area contributed by atoms with Crippen molar-refractivity contribution in [2.75, 3.05) is 0 Å². The Labute approximate surface area is 290 Å². The third-order valence-corrected chi connectivity index (χ3v) is 10.1. The number of rotatable bonds is 5. The van der Waals surface area contributed by atoms with Crippen molar-refractivity contribution in [2.24, 2.45) is 0 Å². The highest BCUT2D eigenvalue weighted by Gasteiger charge is 2.20. The zero-order valence-electron chi connectivity index (χ0n) is 27.4. The normalized spacial score (nSPS) is 11.6. The van der Waals surface area contributed by atoms with E-state index in [1.807, 2.05) is 0 Å². The molecule has 0 saturated heterocycles. The standard InChI is InChI=1S/C48H32N2/c1-3-15-33(16-4-1)37-22-13-27-45(47(37)35-17-5-2-6-18-35)50-44-26-12-9-21-41(44)48-38(23-14-28-46(48)50)34-29-31-36(32-30-34)49-42-24-10-7-19-39(42)40-20-8-11-25-43(40)49/h1-32H. The van der Waals surface area contributed by atoms with Gasteiger partial charge in [0.15, 0.2) is 0 Å². The first-order valence-corrected chi connectivity index (χ1v) is 17.2. The smallest absolute Gasteiger partial charge is 0.0547 e. The van der Waals surface area contributed by atoms with Crippen molar-refractivity contribution < 1.29 is 0 Å². The molecule has 10 aromatic rings. The van der Waals surface area contributed by atoms with Crippen LogP contribution in [0, 0.1) is 0 Å². The number of nitrogens with zero attached hydrogens (tertiary/aromatic N) is 2. The fourth-order valence-corrected chi connectivity index (χ4v) is 8.00. The summed E-state index contributed by atoms with van der Waals surface area (Å²) < 4.78 is 4.85. The molecule has 0 saturated carbocycles. The molecule has 0 amide bonds. The maximum atomic E-state index is 2.47. The maximum absolute atomic E-state index is 2.47. The zero-order valence-corrected chi connectivity index (χ0v) is 27.4. The Bertz CT molecular complexity index is 2790. The molecule has 10 rings (SSSR count). The second kappa shape index (κ2) is 11.5. The minimum Gasteiger partial charge on any atom is -0.309 e. The fraction of sp³-hybridized carbons (Fsp3) is 0. The van der Waals surface area contributed by atoms with Crippen LogP contribution in [0.1, 0.15) is 0 Å². The van der Waals surface area contributed by atoms with E-state index in [4.69, 9.17) is 0 Å². The van der Waals surface area contributed by atoms with Gasteiger partial charge in [0.1, 0.15) is 0 Å². The highest BCUT2D eigenvalue weighted by Crippen LogP contribution is 2.43. The Morgan fingerprint density at radius 2 is 0.760 bits per heavy atom. The van der Waals surface area contributed by atoms with Gasteiger partial charge < -0.3 is 9.13 Å². The lowest BCUT2D eigenvalue weighted by Crippen LogP contribution is -1.99. The van der Waals surface area contributed by atoms with Crippen molar-refractivity contribution in [3.8, 4) is 44.8 Å². The average Bonchev–Trinajstić information content (AvgIpc) is 3.71. The van der Waals surface area contributed by atoms with Crippen molar-refractivity contribution in [2.45, 2.75) is 0 Å². The third-order valence-electron chi connectivity index (χ3n) is 10.1. The number of fused-ring (bicyclic) bond motifs is 6. The predicted octanol–water partition coefficient (Wildman–Crippen LogP) is 12.9. The summed E-state index contributed by atoms with van der Waals surface area (Å²) in [6.45, 7) is 0. The van der Waals surface area contributed by atoms with Crippen LogP contribution >= 0.6 is 0 Å². The molecule has 2 heterocycles. The van der Waals surface area contributed by atoms with Gasteiger partial charge in [-0.3, -0.25) is 0 Å². The quantitative estimate of drug-likeness (QED) is 0.178. The van der Waals surface area contributed by atoms with E-state index in [9.17, 15) is 0 Å². The predicted molar refractivity (Wildman–Crippen MR) is 211 cm³/mol. The topological polar surface area (TPSA) is 9.86 Å². The van der Waals surface area contributed by atoms with E-state index in [1.165, 1.54) is 82.7 Å². The van der Waals surface area contributed by atoms with E-state index in [2.05, 4.69) is 203 Å². The van der Waals surface area contributed by atoms with Crippen LogP contribution in [0.5, 0.6) is 0 Å². The molecule has 0 aliphatic carbocycles. The molecule has 2 heteroatoms. The summed E-state index contributed by atoms with van der Waals surface area (Å²) in [7, 11) is 0. The number of para-hydroxylation sites is 3. The Kier molecular flexibility index (Phi) is 6.53. The molecule has 0 radical (unpaired) electrons. The van der Waals surface area contributed by atoms with E-state index in [1.54, 1.807) is 0 Å². The first kappa shape index (κ1) is 28.4. The SMILES string of the molecule is c1ccc(-c2cccc(-n3c4ccccc4c4c(-c5ccc(-n6c7ccccc7c7ccccc76)cc5)cccc43)c2-c2ccccc2)cc1. The number of hydrogen-bond acceptors (Lipinski definition) is 0. The molecule has 0 aliphatic heterocycles. The van der Waals surface area contributed by atoms with Gasteiger partial charge in [-0.05, 0) is 70.3 Å². The van der Waals surface area contributed by atoms with Gasteiger partial charge in [0.25, 0.3) is 0 Å². The molecule has 0 unspecified atom stereocenters. The van der Waals surface area contributed by atoms with E-state index in [-0.39, 0.29) is 0 Å². The first-order valence-electron chi connectivity index (χ1n) is 17.2. The van der Waals surface area contributed by atoms with Gasteiger partial charge >= 0.3 is 0 Å². The highest BCUT2D eigenvalue weighted by atomic mass is 15.0. The molecule has 2 aromatic heterocycles. The summed E-state index contributed by atoms with van der Waals surface area (Å²) >= 11 is 0. The summed E-state index contributed by atoms with van der Waals surface area (Å²) in [6, 6.07) is 70.3. The fourth-order valence-electron chi connectivity index (χ4n) is 8.00. The van der Waals surface area contributed by atoms with Crippen LogP contribution in [0.3, 0.4) is 0 Å². The van der Waals surface area contributed by atoms with Gasteiger partial charge in [0, 0.05) is 32.8 Å². The molecule has 50 heavy (non-hydrogen) atoms. The van der Waals surface area contributed by atoms with Gasteiger partial charge in [0.05, 0.1) is 27.8 Å². The molecular weight excluding hydrogens is 605 g/mol. The van der Waals surface area contributed by atoms with Gasteiger partial charge in [-0.15, -0.1) is 0 Å². The lowest BCUT2D eigenvalue weighted by atomic mass is 9.92. The van der Waals surface area contributed by atoms with E-state index >= 15 is 0 Å². The second-order valence-corrected chi connectivity index (χ2v) is 12.9. The lowest BCUT2D eigenvalue weighted by Gasteiger charge is -2.18. The van der Waals surface area contributed by atoms with Crippen LogP contribution < -0.4 is 0 Å². The summed E-state index contributed by atoms with van der Waals surface area (Å²) in [6.07, 6.45) is 0. The monoisotopic (exact) mass is 636 g/mol. The van der Waals surface area contributed by atoms with Gasteiger partial charge in [-0.2, -0.15) is 0 Å². The van der Waals surface area contributed by atoms with Crippen LogP contribution in [0.15, 0.2) is 194 Å². The summed E-state index contributed by atoms with van der Waals surface area (Å²) in [4.78, 5) is 0. The Balaban J connectivity index is 1.19. The third kappa shape index (κ3) is 4.36. The number of benzene rings is 8. The van der Waals surface area contributed by atoms with Crippen LogP contribution in [-0.4, -0.2) is 9.13 Å². The molecule has 8 aromatic carbocycles. The van der Waals surface area contributed by atoms with Crippen molar-refractivity contribution in [1.29, 1.82) is 0 Å². The summed E-state index contributed by atoms with van der Waals surface area (Å²) in [5.41, 5.74) is 14.4. The second-order valence-electron chi connectivity index (χ2n) is 12.9. The van der Waals surface area contributed by atoms with E-state index in [0.29, 0.717) is 0 Å². The molecule has 2 nitrogen and oxygen atoms in total. The average molecular weight is 637 g/mol. The Hall–Kier alpha value is -6.64. The molecule has 0 spiro atoms. The largest absolute Gasteiger partial charge is 0.309 e. The van der Waals surface area contributed by atoms with Gasteiger partial charge in [-0.25, -0.2) is 0 Å². The minimum absolute atomic E-state index is 1.16. The highest BCUT2D eigenvalue weighted by molar-refractivity contribution is 6.16. The molecule has 0 N–H and O–H groups in total. The van der Waals surface area contributed by atoms with Crippen LogP contribution in [0.4, 0.5) is 0 Å². The molecular formula is C48H32N2. The zero-order chi connectivity index (χ0) is 33.0. The minimum atomic E-state index is 1.16. The molecule has 234 valence electrons. The first-order chi connectivity index (χ1) is 24.8. The Morgan fingerprint density at radius 1 is 0.280 bits per heavy atom.